The van der Waals surface area contributed by atoms with Crippen molar-refractivity contribution in [1.29, 1.82) is 5.26 Å². The van der Waals surface area contributed by atoms with Crippen LogP contribution in [-0.2, 0) is 14.8 Å². The van der Waals surface area contributed by atoms with E-state index in [1.807, 2.05) is 10.8 Å². The van der Waals surface area contributed by atoms with Crippen LogP contribution in [0.1, 0.15) is 5.56 Å². The highest BCUT2D eigenvalue weighted by Gasteiger charge is 2.24. The molecule has 1 amide bonds. The molecular formula is C15H11F2N3O3S. The van der Waals surface area contributed by atoms with Crippen LogP contribution in [0.3, 0.4) is 0 Å². The number of halogens is 2. The van der Waals surface area contributed by atoms with Gasteiger partial charge in [-0.2, -0.15) is 5.26 Å². The standard InChI is InChI=1S/C15H11F2N3O3S/c16-12-5-2-6-13(17)15(12)24(22,23)19-9-14(21)20-11-4-1-3-10(7-11)8-18/h1-7,19H,9H2,(H,20,21). The Labute approximate surface area is 136 Å². The van der Waals surface area contributed by atoms with Gasteiger partial charge in [0.05, 0.1) is 18.2 Å². The molecule has 0 spiro atoms. The average Bonchev–Trinajstić information content (AvgIpc) is 2.53. The quantitative estimate of drug-likeness (QED) is 0.857. The Bertz CT molecular complexity index is 904. The molecule has 0 aromatic heterocycles. The molecule has 9 heteroatoms. The Morgan fingerprint density at radius 2 is 1.75 bits per heavy atom. The van der Waals surface area contributed by atoms with Gasteiger partial charge < -0.3 is 5.32 Å². The molecular weight excluding hydrogens is 340 g/mol. The fourth-order valence-electron chi connectivity index (χ4n) is 1.84. The van der Waals surface area contributed by atoms with Crippen molar-refractivity contribution >= 4 is 21.6 Å². The molecule has 0 radical (unpaired) electrons. The average molecular weight is 351 g/mol. The number of nitrogens with zero attached hydrogens (tertiary/aromatic N) is 1. The minimum Gasteiger partial charge on any atom is -0.325 e. The molecule has 2 N–H and O–H groups in total. The number of nitrogens with one attached hydrogen (secondary N) is 2. The normalized spacial score (nSPS) is 10.9. The van der Waals surface area contributed by atoms with Gasteiger partial charge in [-0.25, -0.2) is 21.9 Å². The number of benzene rings is 2. The molecule has 2 aromatic rings. The summed E-state index contributed by atoms with van der Waals surface area (Å²) in [6.07, 6.45) is 0. The summed E-state index contributed by atoms with van der Waals surface area (Å²) in [5.74, 6) is -3.28. The molecule has 24 heavy (non-hydrogen) atoms. The van der Waals surface area contributed by atoms with Crippen molar-refractivity contribution in [3.05, 3.63) is 59.7 Å². The molecule has 0 saturated heterocycles. The van der Waals surface area contributed by atoms with Crippen molar-refractivity contribution in [3.8, 4) is 6.07 Å². The van der Waals surface area contributed by atoms with Crippen molar-refractivity contribution in [2.24, 2.45) is 0 Å². The van der Waals surface area contributed by atoms with E-state index in [4.69, 9.17) is 5.26 Å². The summed E-state index contributed by atoms with van der Waals surface area (Å²) in [5.41, 5.74) is 0.595. The van der Waals surface area contributed by atoms with Gasteiger partial charge in [-0.1, -0.05) is 12.1 Å². The van der Waals surface area contributed by atoms with E-state index < -0.39 is 39.0 Å². The van der Waals surface area contributed by atoms with Crippen molar-refractivity contribution in [2.75, 3.05) is 11.9 Å². The highest BCUT2D eigenvalue weighted by molar-refractivity contribution is 7.89. The van der Waals surface area contributed by atoms with Gasteiger partial charge in [-0.3, -0.25) is 4.79 Å². The largest absolute Gasteiger partial charge is 0.325 e. The third kappa shape index (κ3) is 4.13. The fraction of sp³-hybridized carbons (Fsp3) is 0.0667. The second kappa shape index (κ2) is 7.16. The Kier molecular flexibility index (Phi) is 5.23. The van der Waals surface area contributed by atoms with Gasteiger partial charge in [0.1, 0.15) is 11.6 Å². The predicted molar refractivity (Wildman–Crippen MR) is 81.3 cm³/mol. The van der Waals surface area contributed by atoms with Gasteiger partial charge in [-0.15, -0.1) is 0 Å². The number of sulfonamides is 1. The number of hydrogen-bond acceptors (Lipinski definition) is 4. The first-order valence-electron chi connectivity index (χ1n) is 6.57. The molecule has 0 heterocycles. The topological polar surface area (TPSA) is 99.1 Å². The Morgan fingerprint density at radius 1 is 1.12 bits per heavy atom. The second-order valence-corrected chi connectivity index (χ2v) is 6.32. The van der Waals surface area contributed by atoms with Crippen LogP contribution in [0.4, 0.5) is 14.5 Å². The number of nitriles is 1. The maximum Gasteiger partial charge on any atom is 0.246 e. The zero-order valence-electron chi connectivity index (χ0n) is 12.1. The zero-order chi connectivity index (χ0) is 17.7. The van der Waals surface area contributed by atoms with Gasteiger partial charge >= 0.3 is 0 Å². The van der Waals surface area contributed by atoms with Crippen LogP contribution in [0.5, 0.6) is 0 Å². The van der Waals surface area contributed by atoms with Gasteiger partial charge in [0.15, 0.2) is 4.90 Å². The molecule has 0 aliphatic rings. The molecule has 6 nitrogen and oxygen atoms in total. The summed E-state index contributed by atoms with van der Waals surface area (Å²) >= 11 is 0. The monoisotopic (exact) mass is 351 g/mol. The van der Waals surface area contributed by atoms with Gasteiger partial charge in [0, 0.05) is 5.69 Å². The van der Waals surface area contributed by atoms with Crippen LogP contribution in [-0.4, -0.2) is 20.9 Å². The van der Waals surface area contributed by atoms with E-state index in [1.54, 1.807) is 0 Å². The molecule has 0 fully saturated rings. The fourth-order valence-corrected chi connectivity index (χ4v) is 2.96. The summed E-state index contributed by atoms with van der Waals surface area (Å²) in [5, 5.41) is 11.1. The van der Waals surface area contributed by atoms with Gasteiger partial charge in [0.2, 0.25) is 15.9 Å². The predicted octanol–water partition coefficient (Wildman–Crippen LogP) is 1.75. The highest BCUT2D eigenvalue weighted by atomic mass is 32.2. The summed E-state index contributed by atoms with van der Waals surface area (Å²) in [6.45, 7) is -0.729. The van der Waals surface area contributed by atoms with E-state index in [9.17, 15) is 22.0 Å². The van der Waals surface area contributed by atoms with E-state index in [0.29, 0.717) is 5.56 Å². The molecule has 0 bridgehead atoms. The lowest BCUT2D eigenvalue weighted by molar-refractivity contribution is -0.115. The number of carbonyl (C=O) groups is 1. The summed E-state index contributed by atoms with van der Waals surface area (Å²) in [6, 6.07) is 10.5. The second-order valence-electron chi connectivity index (χ2n) is 4.62. The molecule has 0 aliphatic heterocycles. The smallest absolute Gasteiger partial charge is 0.246 e. The highest BCUT2D eigenvalue weighted by Crippen LogP contribution is 2.17. The lowest BCUT2D eigenvalue weighted by atomic mass is 10.2. The Hall–Kier alpha value is -2.83. The number of rotatable bonds is 5. The number of hydrogen-bond donors (Lipinski definition) is 2. The van der Waals surface area contributed by atoms with Crippen LogP contribution < -0.4 is 10.0 Å². The van der Waals surface area contributed by atoms with E-state index in [1.165, 1.54) is 24.3 Å². The van der Waals surface area contributed by atoms with Crippen molar-refractivity contribution in [1.82, 2.24) is 4.72 Å². The number of anilines is 1. The summed E-state index contributed by atoms with van der Waals surface area (Å²) in [4.78, 5) is 10.6. The molecule has 124 valence electrons. The van der Waals surface area contributed by atoms with Crippen molar-refractivity contribution in [2.45, 2.75) is 4.90 Å². The molecule has 0 atom stereocenters. The first kappa shape index (κ1) is 17.5. The Morgan fingerprint density at radius 3 is 2.38 bits per heavy atom. The lowest BCUT2D eigenvalue weighted by Crippen LogP contribution is -2.33. The maximum absolute atomic E-state index is 13.5. The van der Waals surface area contributed by atoms with Gasteiger partial charge in [0.25, 0.3) is 0 Å². The molecule has 2 rings (SSSR count). The number of amides is 1. The van der Waals surface area contributed by atoms with Crippen molar-refractivity contribution < 1.29 is 22.0 Å². The maximum atomic E-state index is 13.5. The molecule has 2 aromatic carbocycles. The van der Waals surface area contributed by atoms with E-state index in [2.05, 4.69) is 5.32 Å². The van der Waals surface area contributed by atoms with Crippen molar-refractivity contribution in [3.63, 3.8) is 0 Å². The van der Waals surface area contributed by atoms with Crippen LogP contribution in [0.2, 0.25) is 0 Å². The van der Waals surface area contributed by atoms with Crippen LogP contribution >= 0.6 is 0 Å². The Balaban J connectivity index is 2.07. The third-order valence-corrected chi connectivity index (χ3v) is 4.34. The van der Waals surface area contributed by atoms with E-state index >= 15 is 0 Å². The minimum absolute atomic E-state index is 0.287. The van der Waals surface area contributed by atoms with E-state index in [-0.39, 0.29) is 5.69 Å². The van der Waals surface area contributed by atoms with Gasteiger partial charge in [-0.05, 0) is 30.3 Å². The lowest BCUT2D eigenvalue weighted by Gasteiger charge is -2.09. The van der Waals surface area contributed by atoms with E-state index in [0.717, 1.165) is 18.2 Å². The van der Waals surface area contributed by atoms with Crippen LogP contribution in [0.15, 0.2) is 47.4 Å². The summed E-state index contributed by atoms with van der Waals surface area (Å²) in [7, 11) is -4.53. The first-order chi connectivity index (χ1) is 11.3. The van der Waals surface area contributed by atoms with Crippen LogP contribution in [0.25, 0.3) is 0 Å². The zero-order valence-corrected chi connectivity index (χ0v) is 12.9. The summed E-state index contributed by atoms with van der Waals surface area (Å²) < 4.78 is 52.7. The molecule has 0 aliphatic carbocycles. The van der Waals surface area contributed by atoms with Crippen LogP contribution in [0, 0.1) is 23.0 Å². The number of carbonyl (C=O) groups excluding carboxylic acids is 1. The molecule has 0 saturated carbocycles. The SMILES string of the molecule is N#Cc1cccc(NC(=O)CNS(=O)(=O)c2c(F)cccc2F)c1. The first-order valence-corrected chi connectivity index (χ1v) is 8.05. The molecule has 0 unspecified atom stereocenters. The third-order valence-electron chi connectivity index (χ3n) is 2.89. The minimum atomic E-state index is -4.53.